The third-order valence-corrected chi connectivity index (χ3v) is 2.40. The van der Waals surface area contributed by atoms with Gasteiger partial charge in [0.1, 0.15) is 0 Å². The number of ether oxygens (including phenoxy) is 1. The van der Waals surface area contributed by atoms with E-state index in [0.29, 0.717) is 18.4 Å². The van der Waals surface area contributed by atoms with Crippen LogP contribution in [-0.4, -0.2) is 48.2 Å². The van der Waals surface area contributed by atoms with Crippen LogP contribution in [0.4, 0.5) is 5.95 Å². The summed E-state index contributed by atoms with van der Waals surface area (Å²) in [5.41, 5.74) is 0. The number of nitrogens with one attached hydrogen (secondary N) is 1. The fourth-order valence-electron chi connectivity index (χ4n) is 1.23. The quantitative estimate of drug-likeness (QED) is 0.746. The molecule has 96 valence electrons. The van der Waals surface area contributed by atoms with Crippen LogP contribution in [0.5, 0.6) is 5.88 Å². The molecule has 0 saturated heterocycles. The highest BCUT2D eigenvalue weighted by molar-refractivity contribution is 5.27. The van der Waals surface area contributed by atoms with Gasteiger partial charge in [-0.3, -0.25) is 0 Å². The molecule has 0 saturated carbocycles. The zero-order chi connectivity index (χ0) is 12.5. The molecule has 5 nitrogen and oxygen atoms in total. The topological polar surface area (TPSA) is 50.3 Å². The molecule has 1 heterocycles. The van der Waals surface area contributed by atoms with Crippen molar-refractivity contribution in [3.05, 3.63) is 12.3 Å². The van der Waals surface area contributed by atoms with Crippen molar-refractivity contribution in [1.29, 1.82) is 0 Å². The van der Waals surface area contributed by atoms with Crippen molar-refractivity contribution in [3.63, 3.8) is 0 Å². The summed E-state index contributed by atoms with van der Waals surface area (Å²) < 4.78 is 5.44. The minimum Gasteiger partial charge on any atom is -0.478 e. The predicted octanol–water partition coefficient (Wildman–Crippen LogP) is 1.63. The lowest BCUT2D eigenvalue weighted by atomic mass is 10.5. The fourth-order valence-corrected chi connectivity index (χ4v) is 1.23. The molecule has 1 aromatic rings. The molecule has 0 fully saturated rings. The Labute approximate surface area is 103 Å². The molecule has 0 bridgehead atoms. The average molecular weight is 238 g/mol. The maximum atomic E-state index is 5.44. The summed E-state index contributed by atoms with van der Waals surface area (Å²) >= 11 is 0. The van der Waals surface area contributed by atoms with Gasteiger partial charge in [0.25, 0.3) is 0 Å². The van der Waals surface area contributed by atoms with Gasteiger partial charge < -0.3 is 15.0 Å². The average Bonchev–Trinajstić information content (AvgIpc) is 2.36. The van der Waals surface area contributed by atoms with Crippen molar-refractivity contribution in [3.8, 4) is 5.88 Å². The molecule has 1 N–H and O–H groups in total. The summed E-state index contributed by atoms with van der Waals surface area (Å²) in [6, 6.07) is 1.78. The highest BCUT2D eigenvalue weighted by Crippen LogP contribution is 2.08. The molecule has 1 aromatic heterocycles. The van der Waals surface area contributed by atoms with E-state index in [4.69, 9.17) is 4.74 Å². The van der Waals surface area contributed by atoms with Crippen molar-refractivity contribution < 1.29 is 4.74 Å². The molecule has 0 aliphatic carbocycles. The third-order valence-electron chi connectivity index (χ3n) is 2.40. The van der Waals surface area contributed by atoms with Crippen LogP contribution in [0.25, 0.3) is 0 Å². The summed E-state index contributed by atoms with van der Waals surface area (Å²) in [6.07, 6.45) is 2.69. The molecule has 0 aliphatic rings. The molecule has 0 radical (unpaired) electrons. The van der Waals surface area contributed by atoms with Gasteiger partial charge in [-0.15, -0.1) is 0 Å². The summed E-state index contributed by atoms with van der Waals surface area (Å²) in [5, 5.41) is 3.18. The monoisotopic (exact) mass is 238 g/mol. The fraction of sp³-hybridized carbons (Fsp3) is 0.667. The Morgan fingerprint density at radius 3 is 2.94 bits per heavy atom. The first-order chi connectivity index (χ1) is 8.26. The van der Waals surface area contributed by atoms with Crippen LogP contribution in [0.15, 0.2) is 12.3 Å². The largest absolute Gasteiger partial charge is 0.478 e. The maximum Gasteiger partial charge on any atom is 0.225 e. The van der Waals surface area contributed by atoms with E-state index in [-0.39, 0.29) is 0 Å². The number of anilines is 1. The SMILES string of the molecule is CCCOc1ccnc(NCCN(C)CC)n1. The number of likely N-dealkylation sites (N-methyl/N-ethyl adjacent to an activating group) is 1. The highest BCUT2D eigenvalue weighted by Gasteiger charge is 2.00. The van der Waals surface area contributed by atoms with Crippen molar-refractivity contribution in [2.75, 3.05) is 38.6 Å². The standard InChI is InChI=1S/C12H22N4O/c1-4-10-17-11-6-7-13-12(15-11)14-8-9-16(3)5-2/h6-7H,4-5,8-10H2,1-3H3,(H,13,14,15). The molecule has 0 unspecified atom stereocenters. The summed E-state index contributed by atoms with van der Waals surface area (Å²) in [7, 11) is 2.09. The molecule has 0 spiro atoms. The van der Waals surface area contributed by atoms with Crippen LogP contribution in [-0.2, 0) is 0 Å². The predicted molar refractivity (Wildman–Crippen MR) is 69.5 cm³/mol. The first kappa shape index (κ1) is 13.7. The lowest BCUT2D eigenvalue weighted by Crippen LogP contribution is -2.25. The molecule has 5 heteroatoms. The zero-order valence-corrected chi connectivity index (χ0v) is 10.9. The van der Waals surface area contributed by atoms with E-state index in [1.54, 1.807) is 12.3 Å². The highest BCUT2D eigenvalue weighted by atomic mass is 16.5. The normalized spacial score (nSPS) is 10.6. The van der Waals surface area contributed by atoms with Crippen molar-refractivity contribution in [2.45, 2.75) is 20.3 Å². The van der Waals surface area contributed by atoms with Gasteiger partial charge in [0.2, 0.25) is 11.8 Å². The Kier molecular flexibility index (Phi) is 6.32. The molecule has 0 atom stereocenters. The van der Waals surface area contributed by atoms with Gasteiger partial charge in [-0.05, 0) is 20.0 Å². The van der Waals surface area contributed by atoms with Crippen LogP contribution < -0.4 is 10.1 Å². The smallest absolute Gasteiger partial charge is 0.225 e. The number of hydrogen-bond donors (Lipinski definition) is 1. The van der Waals surface area contributed by atoms with Crippen LogP contribution in [0.1, 0.15) is 20.3 Å². The molecule has 1 rings (SSSR count). The van der Waals surface area contributed by atoms with Crippen LogP contribution >= 0.6 is 0 Å². The van der Waals surface area contributed by atoms with E-state index in [0.717, 1.165) is 26.1 Å². The van der Waals surface area contributed by atoms with Gasteiger partial charge in [-0.1, -0.05) is 13.8 Å². The molecule has 0 amide bonds. The molecule has 0 aliphatic heterocycles. The Hall–Kier alpha value is -1.36. The van der Waals surface area contributed by atoms with Crippen LogP contribution in [0.2, 0.25) is 0 Å². The first-order valence-corrected chi connectivity index (χ1v) is 6.14. The van der Waals surface area contributed by atoms with Gasteiger partial charge in [0.05, 0.1) is 6.61 Å². The molecular weight excluding hydrogens is 216 g/mol. The Morgan fingerprint density at radius 2 is 2.24 bits per heavy atom. The summed E-state index contributed by atoms with van der Waals surface area (Å²) in [4.78, 5) is 10.6. The lowest BCUT2D eigenvalue weighted by molar-refractivity contribution is 0.305. The third kappa shape index (κ3) is 5.49. The van der Waals surface area contributed by atoms with Crippen molar-refractivity contribution >= 4 is 5.95 Å². The van der Waals surface area contributed by atoms with Crippen LogP contribution in [0, 0.1) is 0 Å². The van der Waals surface area contributed by atoms with Gasteiger partial charge in [-0.25, -0.2) is 4.98 Å². The van der Waals surface area contributed by atoms with E-state index >= 15 is 0 Å². The number of hydrogen-bond acceptors (Lipinski definition) is 5. The minimum atomic E-state index is 0.628. The number of nitrogens with zero attached hydrogens (tertiary/aromatic N) is 3. The second-order valence-corrected chi connectivity index (χ2v) is 3.89. The second kappa shape index (κ2) is 7.84. The summed E-state index contributed by atoms with van der Waals surface area (Å²) in [6.45, 7) is 7.75. The second-order valence-electron chi connectivity index (χ2n) is 3.89. The van der Waals surface area contributed by atoms with Crippen molar-refractivity contribution in [2.24, 2.45) is 0 Å². The van der Waals surface area contributed by atoms with E-state index < -0.39 is 0 Å². The molecule has 0 aromatic carbocycles. The maximum absolute atomic E-state index is 5.44. The Balaban J connectivity index is 2.37. The first-order valence-electron chi connectivity index (χ1n) is 6.14. The van der Waals surface area contributed by atoms with Crippen LogP contribution in [0.3, 0.4) is 0 Å². The van der Waals surface area contributed by atoms with E-state index in [1.807, 2.05) is 0 Å². The Bertz CT molecular complexity index is 319. The molecule has 17 heavy (non-hydrogen) atoms. The number of rotatable bonds is 8. The van der Waals surface area contributed by atoms with Gasteiger partial charge >= 0.3 is 0 Å². The van der Waals surface area contributed by atoms with Gasteiger partial charge in [0, 0.05) is 25.4 Å². The summed E-state index contributed by atoms with van der Waals surface area (Å²) in [5.74, 6) is 1.26. The minimum absolute atomic E-state index is 0.628. The lowest BCUT2D eigenvalue weighted by Gasteiger charge is -2.14. The van der Waals surface area contributed by atoms with Gasteiger partial charge in [0.15, 0.2) is 0 Å². The zero-order valence-electron chi connectivity index (χ0n) is 10.9. The number of aromatic nitrogens is 2. The van der Waals surface area contributed by atoms with Crippen molar-refractivity contribution in [1.82, 2.24) is 14.9 Å². The molecular formula is C12H22N4O. The Morgan fingerprint density at radius 1 is 1.41 bits per heavy atom. The van der Waals surface area contributed by atoms with E-state index in [1.165, 1.54) is 0 Å². The van der Waals surface area contributed by atoms with Gasteiger partial charge in [-0.2, -0.15) is 4.98 Å². The van der Waals surface area contributed by atoms with E-state index in [9.17, 15) is 0 Å². The van der Waals surface area contributed by atoms with E-state index in [2.05, 4.69) is 41.1 Å².